The highest BCUT2D eigenvalue weighted by Gasteiger charge is 2.37. The van der Waals surface area contributed by atoms with Crippen LogP contribution in [0.25, 0.3) is 0 Å². The van der Waals surface area contributed by atoms with Crippen LogP contribution in [0, 0.1) is 0 Å². The lowest BCUT2D eigenvalue weighted by molar-refractivity contribution is -0.172. The van der Waals surface area contributed by atoms with E-state index in [4.69, 9.17) is 9.47 Å². The lowest BCUT2D eigenvalue weighted by atomic mass is 9.96. The summed E-state index contributed by atoms with van der Waals surface area (Å²) in [6.07, 6.45) is -0.148. The summed E-state index contributed by atoms with van der Waals surface area (Å²) in [4.78, 5) is 12.0. The summed E-state index contributed by atoms with van der Waals surface area (Å²) in [5.41, 5.74) is -0.242. The van der Waals surface area contributed by atoms with Crippen molar-refractivity contribution >= 4 is 5.97 Å². The van der Waals surface area contributed by atoms with Crippen molar-refractivity contribution in [2.45, 2.75) is 32.5 Å². The molecule has 1 aromatic rings. The average molecular weight is 222 g/mol. The van der Waals surface area contributed by atoms with Crippen molar-refractivity contribution in [2.75, 3.05) is 7.11 Å². The van der Waals surface area contributed by atoms with Crippen LogP contribution in [0.2, 0.25) is 0 Å². The molecule has 3 nitrogen and oxygen atoms in total. The number of carbonyl (C=O) groups excluding carboxylic acids is 1. The van der Waals surface area contributed by atoms with Gasteiger partial charge >= 0.3 is 5.97 Å². The largest absolute Gasteiger partial charge is 0.461 e. The summed E-state index contributed by atoms with van der Waals surface area (Å²) < 4.78 is 10.5. The van der Waals surface area contributed by atoms with Crippen LogP contribution in [-0.4, -0.2) is 19.2 Å². The van der Waals surface area contributed by atoms with Gasteiger partial charge in [-0.05, 0) is 26.3 Å². The van der Waals surface area contributed by atoms with Gasteiger partial charge in [0.05, 0.1) is 6.10 Å². The van der Waals surface area contributed by atoms with Gasteiger partial charge in [0, 0.05) is 7.11 Å². The number of methoxy groups -OCH3 is 1. The maximum Gasteiger partial charge on any atom is 0.343 e. The van der Waals surface area contributed by atoms with Crippen LogP contribution < -0.4 is 0 Å². The molecule has 1 aromatic carbocycles. The zero-order valence-electron chi connectivity index (χ0n) is 10.2. The minimum atomic E-state index is -1.04. The molecule has 0 heterocycles. The number of benzene rings is 1. The fraction of sp³-hybridized carbons (Fsp3) is 0.462. The molecule has 0 bridgehead atoms. The number of esters is 1. The van der Waals surface area contributed by atoms with Gasteiger partial charge in [0.15, 0.2) is 5.60 Å². The molecule has 0 aliphatic heterocycles. The standard InChI is InChI=1S/C13H18O3/c1-10(2)16-12(14)13(3,15-4)11-8-6-5-7-9-11/h5-10H,1-4H3. The molecule has 0 aromatic heterocycles. The Balaban J connectivity index is 2.98. The van der Waals surface area contributed by atoms with Crippen LogP contribution in [0.3, 0.4) is 0 Å². The van der Waals surface area contributed by atoms with Crippen LogP contribution in [-0.2, 0) is 19.9 Å². The van der Waals surface area contributed by atoms with Gasteiger partial charge < -0.3 is 9.47 Å². The SMILES string of the molecule is COC(C)(C(=O)OC(C)C)c1ccccc1. The van der Waals surface area contributed by atoms with Crippen LogP contribution in [0.1, 0.15) is 26.3 Å². The minimum absolute atomic E-state index is 0.148. The lowest BCUT2D eigenvalue weighted by Crippen LogP contribution is -2.37. The molecule has 0 N–H and O–H groups in total. The highest BCUT2D eigenvalue weighted by atomic mass is 16.6. The molecular weight excluding hydrogens is 204 g/mol. The van der Waals surface area contributed by atoms with E-state index in [0.717, 1.165) is 5.56 Å². The zero-order chi connectivity index (χ0) is 12.2. The van der Waals surface area contributed by atoms with Crippen molar-refractivity contribution in [3.63, 3.8) is 0 Å². The van der Waals surface area contributed by atoms with Crippen molar-refractivity contribution in [1.82, 2.24) is 0 Å². The van der Waals surface area contributed by atoms with Crippen LogP contribution >= 0.6 is 0 Å². The van der Waals surface area contributed by atoms with E-state index >= 15 is 0 Å². The van der Waals surface area contributed by atoms with E-state index in [1.165, 1.54) is 7.11 Å². The second-order valence-corrected chi connectivity index (χ2v) is 4.06. The molecule has 0 saturated carbocycles. The first kappa shape index (κ1) is 12.7. The van der Waals surface area contributed by atoms with Crippen LogP contribution in [0.15, 0.2) is 30.3 Å². The van der Waals surface area contributed by atoms with Gasteiger partial charge in [0.25, 0.3) is 0 Å². The smallest absolute Gasteiger partial charge is 0.343 e. The molecule has 1 atom stereocenters. The highest BCUT2D eigenvalue weighted by Crippen LogP contribution is 2.26. The molecule has 1 unspecified atom stereocenters. The highest BCUT2D eigenvalue weighted by molar-refractivity contribution is 5.81. The summed E-state index contributed by atoms with van der Waals surface area (Å²) in [6.45, 7) is 5.35. The summed E-state index contributed by atoms with van der Waals surface area (Å²) in [7, 11) is 1.51. The molecule has 0 saturated heterocycles. The quantitative estimate of drug-likeness (QED) is 0.734. The molecule has 0 radical (unpaired) electrons. The number of carbonyl (C=O) groups is 1. The number of rotatable bonds is 4. The molecule has 3 heteroatoms. The van der Waals surface area contributed by atoms with Crippen molar-refractivity contribution in [2.24, 2.45) is 0 Å². The van der Waals surface area contributed by atoms with Crippen molar-refractivity contribution < 1.29 is 14.3 Å². The first-order chi connectivity index (χ1) is 7.50. The molecule has 0 spiro atoms. The average Bonchev–Trinajstić information content (AvgIpc) is 2.28. The molecule has 0 fully saturated rings. The zero-order valence-corrected chi connectivity index (χ0v) is 10.2. The van der Waals surface area contributed by atoms with Gasteiger partial charge in [-0.2, -0.15) is 0 Å². The first-order valence-corrected chi connectivity index (χ1v) is 5.32. The van der Waals surface area contributed by atoms with Crippen LogP contribution in [0.4, 0.5) is 0 Å². The second kappa shape index (κ2) is 5.12. The van der Waals surface area contributed by atoms with Crippen LogP contribution in [0.5, 0.6) is 0 Å². The maximum atomic E-state index is 12.0. The van der Waals surface area contributed by atoms with E-state index in [0.29, 0.717) is 0 Å². The fourth-order valence-electron chi connectivity index (χ4n) is 1.40. The third kappa shape index (κ3) is 2.61. The molecule has 0 aliphatic rings. The van der Waals surface area contributed by atoms with Crippen molar-refractivity contribution in [3.8, 4) is 0 Å². The summed E-state index contributed by atoms with van der Waals surface area (Å²) in [6, 6.07) is 9.34. The van der Waals surface area contributed by atoms with Gasteiger partial charge in [-0.15, -0.1) is 0 Å². The monoisotopic (exact) mass is 222 g/mol. The molecule has 16 heavy (non-hydrogen) atoms. The number of hydrogen-bond donors (Lipinski definition) is 0. The van der Waals surface area contributed by atoms with Gasteiger partial charge in [-0.3, -0.25) is 0 Å². The Kier molecular flexibility index (Phi) is 4.07. The molecule has 88 valence electrons. The predicted octanol–water partition coefficient (Wildman–Crippen LogP) is 2.50. The first-order valence-electron chi connectivity index (χ1n) is 5.32. The Bertz CT molecular complexity index is 345. The lowest BCUT2D eigenvalue weighted by Gasteiger charge is -2.27. The van der Waals surface area contributed by atoms with Gasteiger partial charge in [-0.25, -0.2) is 4.79 Å². The molecule has 0 amide bonds. The van der Waals surface area contributed by atoms with Gasteiger partial charge in [-0.1, -0.05) is 30.3 Å². The topological polar surface area (TPSA) is 35.5 Å². The van der Waals surface area contributed by atoms with E-state index < -0.39 is 5.60 Å². The van der Waals surface area contributed by atoms with E-state index in [-0.39, 0.29) is 12.1 Å². The summed E-state index contributed by atoms with van der Waals surface area (Å²) >= 11 is 0. The Labute approximate surface area is 96.4 Å². The molecule has 0 aliphatic carbocycles. The summed E-state index contributed by atoms with van der Waals surface area (Å²) in [5.74, 6) is -0.365. The third-order valence-electron chi connectivity index (χ3n) is 2.47. The van der Waals surface area contributed by atoms with E-state index in [1.807, 2.05) is 44.2 Å². The van der Waals surface area contributed by atoms with E-state index in [9.17, 15) is 4.79 Å². The number of hydrogen-bond acceptors (Lipinski definition) is 3. The van der Waals surface area contributed by atoms with E-state index in [1.54, 1.807) is 6.92 Å². The van der Waals surface area contributed by atoms with E-state index in [2.05, 4.69) is 0 Å². The second-order valence-electron chi connectivity index (χ2n) is 4.06. The Morgan fingerprint density at radius 2 is 1.81 bits per heavy atom. The Morgan fingerprint density at radius 1 is 1.25 bits per heavy atom. The summed E-state index contributed by atoms with van der Waals surface area (Å²) in [5, 5.41) is 0. The van der Waals surface area contributed by atoms with Crippen molar-refractivity contribution in [1.29, 1.82) is 0 Å². The minimum Gasteiger partial charge on any atom is -0.461 e. The van der Waals surface area contributed by atoms with Crippen molar-refractivity contribution in [3.05, 3.63) is 35.9 Å². The Hall–Kier alpha value is -1.35. The van der Waals surface area contributed by atoms with Gasteiger partial charge in [0.2, 0.25) is 0 Å². The fourth-order valence-corrected chi connectivity index (χ4v) is 1.40. The maximum absolute atomic E-state index is 12.0. The Morgan fingerprint density at radius 3 is 2.25 bits per heavy atom. The van der Waals surface area contributed by atoms with Gasteiger partial charge in [0.1, 0.15) is 0 Å². The molecular formula is C13H18O3. The predicted molar refractivity (Wildman–Crippen MR) is 62.0 cm³/mol. The third-order valence-corrected chi connectivity index (χ3v) is 2.47. The molecule has 1 rings (SSSR count). The normalized spacial score (nSPS) is 14.6. The number of ether oxygens (including phenoxy) is 2.